The average molecular weight is 314 g/mol. The molecule has 120 valence electrons. The standard InChI is InChI=1S/C17H18N2O4/c20-17(18-12-4-2-1-3-5-12)13-9-15(23-19-13)11-6-7-14-16(8-11)22-10-21-14/h6-9,12H,1-5,10H2,(H,18,20). The summed E-state index contributed by atoms with van der Waals surface area (Å²) in [5.74, 6) is 1.75. The second-order valence-electron chi connectivity index (χ2n) is 5.95. The van der Waals surface area contributed by atoms with E-state index in [-0.39, 0.29) is 18.7 Å². The van der Waals surface area contributed by atoms with Gasteiger partial charge < -0.3 is 19.3 Å². The van der Waals surface area contributed by atoms with Gasteiger partial charge in [-0.1, -0.05) is 24.4 Å². The fraction of sp³-hybridized carbons (Fsp3) is 0.412. The number of amides is 1. The summed E-state index contributed by atoms with van der Waals surface area (Å²) in [5.41, 5.74) is 1.11. The summed E-state index contributed by atoms with van der Waals surface area (Å²) in [6.07, 6.45) is 5.68. The maximum absolute atomic E-state index is 12.3. The van der Waals surface area contributed by atoms with Crippen LogP contribution in [0.25, 0.3) is 11.3 Å². The molecule has 4 rings (SSSR count). The molecule has 6 heteroatoms. The van der Waals surface area contributed by atoms with E-state index >= 15 is 0 Å². The van der Waals surface area contributed by atoms with Gasteiger partial charge in [-0.15, -0.1) is 0 Å². The third-order valence-electron chi connectivity index (χ3n) is 4.34. The molecular weight excluding hydrogens is 296 g/mol. The van der Waals surface area contributed by atoms with Crippen molar-refractivity contribution in [1.82, 2.24) is 10.5 Å². The normalized spacial score (nSPS) is 17.2. The highest BCUT2D eigenvalue weighted by molar-refractivity contribution is 5.93. The highest BCUT2D eigenvalue weighted by atomic mass is 16.7. The molecule has 0 saturated heterocycles. The predicted molar refractivity (Wildman–Crippen MR) is 82.4 cm³/mol. The lowest BCUT2D eigenvalue weighted by Gasteiger charge is -2.22. The van der Waals surface area contributed by atoms with Gasteiger partial charge in [0.15, 0.2) is 23.0 Å². The molecule has 1 aliphatic heterocycles. The van der Waals surface area contributed by atoms with Gasteiger partial charge in [0.2, 0.25) is 6.79 Å². The largest absolute Gasteiger partial charge is 0.454 e. The zero-order valence-corrected chi connectivity index (χ0v) is 12.7. The second kappa shape index (κ2) is 5.95. The molecule has 0 bridgehead atoms. The van der Waals surface area contributed by atoms with E-state index in [1.54, 1.807) is 6.07 Å². The Morgan fingerprint density at radius 3 is 2.78 bits per heavy atom. The average Bonchev–Trinajstić information content (AvgIpc) is 3.24. The summed E-state index contributed by atoms with van der Waals surface area (Å²) < 4.78 is 16.0. The van der Waals surface area contributed by atoms with Crippen LogP contribution in [0.1, 0.15) is 42.6 Å². The van der Waals surface area contributed by atoms with E-state index in [1.807, 2.05) is 18.2 Å². The van der Waals surface area contributed by atoms with E-state index < -0.39 is 0 Å². The van der Waals surface area contributed by atoms with E-state index in [0.717, 1.165) is 18.4 Å². The Labute approximate surface area is 133 Å². The molecule has 0 atom stereocenters. The molecule has 23 heavy (non-hydrogen) atoms. The monoisotopic (exact) mass is 314 g/mol. The minimum Gasteiger partial charge on any atom is -0.454 e. The van der Waals surface area contributed by atoms with Crippen LogP contribution in [0, 0.1) is 0 Å². The third kappa shape index (κ3) is 2.88. The van der Waals surface area contributed by atoms with Crippen molar-refractivity contribution < 1.29 is 18.8 Å². The Morgan fingerprint density at radius 1 is 1.09 bits per heavy atom. The maximum Gasteiger partial charge on any atom is 0.273 e. The van der Waals surface area contributed by atoms with Gasteiger partial charge in [0, 0.05) is 17.7 Å². The summed E-state index contributed by atoms with van der Waals surface area (Å²) in [5, 5.41) is 6.93. The van der Waals surface area contributed by atoms with Crippen LogP contribution >= 0.6 is 0 Å². The predicted octanol–water partition coefficient (Wildman–Crippen LogP) is 3.13. The van der Waals surface area contributed by atoms with Crippen molar-refractivity contribution in [3.63, 3.8) is 0 Å². The van der Waals surface area contributed by atoms with Gasteiger partial charge in [0.1, 0.15) is 0 Å². The number of rotatable bonds is 3. The third-order valence-corrected chi connectivity index (χ3v) is 4.34. The van der Waals surface area contributed by atoms with Crippen molar-refractivity contribution in [2.24, 2.45) is 0 Å². The molecule has 1 saturated carbocycles. The first kappa shape index (κ1) is 14.1. The topological polar surface area (TPSA) is 73.6 Å². The fourth-order valence-corrected chi connectivity index (χ4v) is 3.07. The van der Waals surface area contributed by atoms with Gasteiger partial charge in [-0.3, -0.25) is 4.79 Å². The summed E-state index contributed by atoms with van der Waals surface area (Å²) >= 11 is 0. The molecule has 1 fully saturated rings. The Balaban J connectivity index is 1.48. The molecule has 1 aromatic heterocycles. The highest BCUT2D eigenvalue weighted by Crippen LogP contribution is 2.36. The molecule has 0 radical (unpaired) electrons. The lowest BCUT2D eigenvalue weighted by atomic mass is 9.95. The Kier molecular flexibility index (Phi) is 3.65. The molecule has 1 aliphatic carbocycles. The van der Waals surface area contributed by atoms with Gasteiger partial charge in [-0.2, -0.15) is 0 Å². The van der Waals surface area contributed by atoms with Crippen molar-refractivity contribution in [1.29, 1.82) is 0 Å². The van der Waals surface area contributed by atoms with Gasteiger partial charge >= 0.3 is 0 Å². The van der Waals surface area contributed by atoms with E-state index in [9.17, 15) is 4.79 Å². The number of benzene rings is 1. The number of fused-ring (bicyclic) bond motifs is 1. The van der Waals surface area contributed by atoms with Crippen molar-refractivity contribution in [3.8, 4) is 22.8 Å². The van der Waals surface area contributed by atoms with Crippen LogP contribution in [0.5, 0.6) is 11.5 Å². The summed E-state index contributed by atoms with van der Waals surface area (Å²) in [7, 11) is 0. The number of hydrogen-bond acceptors (Lipinski definition) is 5. The molecule has 0 spiro atoms. The minimum atomic E-state index is -0.173. The SMILES string of the molecule is O=C(NC1CCCCC1)c1cc(-c2ccc3c(c2)OCO3)on1. The highest BCUT2D eigenvalue weighted by Gasteiger charge is 2.20. The van der Waals surface area contributed by atoms with E-state index in [1.165, 1.54) is 19.3 Å². The molecule has 2 heterocycles. The summed E-state index contributed by atoms with van der Waals surface area (Å²) in [6.45, 7) is 0.226. The van der Waals surface area contributed by atoms with Gasteiger partial charge in [-0.05, 0) is 31.0 Å². The number of nitrogens with one attached hydrogen (secondary N) is 1. The van der Waals surface area contributed by atoms with Crippen LogP contribution in [-0.2, 0) is 0 Å². The smallest absolute Gasteiger partial charge is 0.273 e. The van der Waals surface area contributed by atoms with Crippen LogP contribution in [0.15, 0.2) is 28.8 Å². The van der Waals surface area contributed by atoms with Crippen LogP contribution in [-0.4, -0.2) is 23.9 Å². The van der Waals surface area contributed by atoms with Gasteiger partial charge in [0.05, 0.1) is 0 Å². The van der Waals surface area contributed by atoms with Gasteiger partial charge in [-0.25, -0.2) is 0 Å². The number of carbonyl (C=O) groups excluding carboxylic acids is 1. The fourth-order valence-electron chi connectivity index (χ4n) is 3.07. The molecular formula is C17H18N2O4. The van der Waals surface area contributed by atoms with Crippen molar-refractivity contribution in [3.05, 3.63) is 30.0 Å². The quantitative estimate of drug-likeness (QED) is 0.942. The van der Waals surface area contributed by atoms with E-state index in [0.29, 0.717) is 23.0 Å². The second-order valence-corrected chi connectivity index (χ2v) is 5.95. The zero-order chi connectivity index (χ0) is 15.6. The van der Waals surface area contributed by atoms with E-state index in [4.69, 9.17) is 14.0 Å². The number of carbonyl (C=O) groups is 1. The van der Waals surface area contributed by atoms with Crippen LogP contribution in [0.4, 0.5) is 0 Å². The number of ether oxygens (including phenoxy) is 2. The van der Waals surface area contributed by atoms with Crippen molar-refractivity contribution in [2.45, 2.75) is 38.1 Å². The number of hydrogen-bond donors (Lipinski definition) is 1. The maximum atomic E-state index is 12.3. The molecule has 1 amide bonds. The first-order valence-electron chi connectivity index (χ1n) is 7.97. The van der Waals surface area contributed by atoms with Crippen molar-refractivity contribution >= 4 is 5.91 Å². The molecule has 1 aromatic carbocycles. The summed E-state index contributed by atoms with van der Waals surface area (Å²) in [6, 6.07) is 7.42. The first-order valence-corrected chi connectivity index (χ1v) is 7.97. The molecule has 0 unspecified atom stereocenters. The van der Waals surface area contributed by atoms with Crippen molar-refractivity contribution in [2.75, 3.05) is 6.79 Å². The Morgan fingerprint density at radius 2 is 1.91 bits per heavy atom. The minimum absolute atomic E-state index is 0.173. The molecule has 1 N–H and O–H groups in total. The first-order chi connectivity index (χ1) is 11.3. The summed E-state index contributed by atoms with van der Waals surface area (Å²) in [4.78, 5) is 12.3. The lowest BCUT2D eigenvalue weighted by molar-refractivity contribution is 0.0918. The van der Waals surface area contributed by atoms with E-state index in [2.05, 4.69) is 10.5 Å². The van der Waals surface area contributed by atoms with Crippen LogP contribution in [0.2, 0.25) is 0 Å². The van der Waals surface area contributed by atoms with Crippen LogP contribution in [0.3, 0.4) is 0 Å². The van der Waals surface area contributed by atoms with Gasteiger partial charge in [0.25, 0.3) is 5.91 Å². The molecule has 2 aliphatic rings. The molecule has 6 nitrogen and oxygen atoms in total. The van der Waals surface area contributed by atoms with Crippen LogP contribution < -0.4 is 14.8 Å². The number of nitrogens with zero attached hydrogens (tertiary/aromatic N) is 1. The Hall–Kier alpha value is -2.50. The number of aromatic nitrogens is 1. The Bertz CT molecular complexity index is 719. The zero-order valence-electron chi connectivity index (χ0n) is 12.7. The molecule has 2 aromatic rings. The lowest BCUT2D eigenvalue weighted by Crippen LogP contribution is -2.36.